The van der Waals surface area contributed by atoms with Gasteiger partial charge >= 0.3 is 0 Å². The molecule has 0 aliphatic heterocycles. The molecule has 1 aromatic heterocycles. The van der Waals surface area contributed by atoms with Gasteiger partial charge in [0, 0.05) is 5.56 Å². The molecular weight excluding hydrogens is 285 g/mol. The lowest BCUT2D eigenvalue weighted by molar-refractivity contribution is 1.04. The first-order chi connectivity index (χ1) is 9.17. The smallest absolute Gasteiger partial charge is 0.148 e. The number of hydrogen-bond donors (Lipinski definition) is 3. The van der Waals surface area contributed by atoms with Gasteiger partial charge in [0.1, 0.15) is 18.0 Å². The third-order valence-electron chi connectivity index (χ3n) is 2.64. The summed E-state index contributed by atoms with van der Waals surface area (Å²) in [5.41, 5.74) is 4.11. The van der Waals surface area contributed by atoms with E-state index in [0.29, 0.717) is 27.4 Å². The minimum Gasteiger partial charge on any atom is -0.339 e. The molecule has 0 aliphatic carbocycles. The molecule has 0 fully saturated rings. The average Bonchev–Trinajstić information content (AvgIpc) is 2.43. The highest BCUT2D eigenvalue weighted by Gasteiger charge is 2.11. The lowest BCUT2D eigenvalue weighted by atomic mass is 10.2. The van der Waals surface area contributed by atoms with Crippen molar-refractivity contribution in [2.24, 2.45) is 5.84 Å². The van der Waals surface area contributed by atoms with Gasteiger partial charge in [-0.15, -0.1) is 0 Å². The van der Waals surface area contributed by atoms with Gasteiger partial charge in [-0.3, -0.25) is 0 Å². The summed E-state index contributed by atoms with van der Waals surface area (Å²) in [6.45, 7) is 1.99. The van der Waals surface area contributed by atoms with Crippen molar-refractivity contribution < 1.29 is 0 Å². The molecule has 2 aromatic rings. The van der Waals surface area contributed by atoms with Crippen LogP contribution in [0.4, 0.5) is 17.3 Å². The largest absolute Gasteiger partial charge is 0.339 e. The van der Waals surface area contributed by atoms with Crippen LogP contribution < -0.4 is 16.6 Å². The van der Waals surface area contributed by atoms with Crippen LogP contribution in [0.1, 0.15) is 12.5 Å². The van der Waals surface area contributed by atoms with Crippen LogP contribution in [0.15, 0.2) is 24.5 Å². The Morgan fingerprint density at radius 1 is 1.21 bits per heavy atom. The summed E-state index contributed by atoms with van der Waals surface area (Å²) in [5.74, 6) is 6.66. The highest BCUT2D eigenvalue weighted by Crippen LogP contribution is 2.32. The fourth-order valence-electron chi connectivity index (χ4n) is 1.71. The van der Waals surface area contributed by atoms with Crippen LogP contribution in [-0.2, 0) is 6.42 Å². The summed E-state index contributed by atoms with van der Waals surface area (Å²) in [6, 6.07) is 5.36. The molecule has 0 aliphatic rings. The van der Waals surface area contributed by atoms with Gasteiger partial charge in [0.05, 0.1) is 15.7 Å². The fourth-order valence-corrected chi connectivity index (χ4v) is 2.05. The van der Waals surface area contributed by atoms with Crippen LogP contribution in [0.2, 0.25) is 10.0 Å². The zero-order valence-electron chi connectivity index (χ0n) is 10.2. The summed E-state index contributed by atoms with van der Waals surface area (Å²) in [7, 11) is 0. The van der Waals surface area contributed by atoms with Crippen LogP contribution in [0, 0.1) is 0 Å². The number of halogens is 2. The van der Waals surface area contributed by atoms with Crippen molar-refractivity contribution in [3.05, 3.63) is 40.1 Å². The summed E-state index contributed by atoms with van der Waals surface area (Å²) >= 11 is 12.1. The standard InChI is InChI=1S/C12H13Cl2N5/c1-2-7-11(16-6-17-12(7)19-15)18-9-5-3-4-8(13)10(9)14/h3-6H,2,15H2,1H3,(H2,16,17,18,19). The Morgan fingerprint density at radius 3 is 2.63 bits per heavy atom. The van der Waals surface area contributed by atoms with Crippen molar-refractivity contribution >= 4 is 40.5 Å². The maximum atomic E-state index is 6.13. The number of aromatic nitrogens is 2. The number of benzene rings is 1. The number of nitrogens with zero attached hydrogens (tertiary/aromatic N) is 2. The van der Waals surface area contributed by atoms with Crippen molar-refractivity contribution in [3.8, 4) is 0 Å². The highest BCUT2D eigenvalue weighted by atomic mass is 35.5. The summed E-state index contributed by atoms with van der Waals surface area (Å²) < 4.78 is 0. The molecule has 0 spiro atoms. The van der Waals surface area contributed by atoms with Gasteiger partial charge in [0.15, 0.2) is 0 Å². The Balaban J connectivity index is 2.41. The predicted octanol–water partition coefficient (Wildman–Crippen LogP) is 3.38. The molecule has 100 valence electrons. The van der Waals surface area contributed by atoms with Crippen LogP contribution in [-0.4, -0.2) is 9.97 Å². The van der Waals surface area contributed by atoms with Crippen molar-refractivity contribution in [1.82, 2.24) is 9.97 Å². The fraction of sp³-hybridized carbons (Fsp3) is 0.167. The summed E-state index contributed by atoms with van der Waals surface area (Å²) in [5, 5.41) is 4.08. The number of hydrogen-bond acceptors (Lipinski definition) is 5. The third-order valence-corrected chi connectivity index (χ3v) is 3.46. The first-order valence-electron chi connectivity index (χ1n) is 5.68. The molecule has 1 aromatic carbocycles. The second-order valence-corrected chi connectivity index (χ2v) is 4.56. The monoisotopic (exact) mass is 297 g/mol. The van der Waals surface area contributed by atoms with Crippen LogP contribution >= 0.6 is 23.2 Å². The van der Waals surface area contributed by atoms with Gasteiger partial charge in [-0.1, -0.05) is 36.2 Å². The van der Waals surface area contributed by atoms with Crippen LogP contribution in [0.3, 0.4) is 0 Å². The van der Waals surface area contributed by atoms with Crippen LogP contribution in [0.5, 0.6) is 0 Å². The predicted molar refractivity (Wildman–Crippen MR) is 79.0 cm³/mol. The second kappa shape index (κ2) is 6.06. The molecule has 0 unspecified atom stereocenters. The number of nitrogens with two attached hydrogens (primary N) is 1. The van der Waals surface area contributed by atoms with Crippen molar-refractivity contribution in [2.75, 3.05) is 10.7 Å². The SMILES string of the molecule is CCc1c(NN)ncnc1Nc1cccc(Cl)c1Cl. The number of nitrogen functional groups attached to an aromatic ring is 1. The Labute approximate surface area is 121 Å². The normalized spacial score (nSPS) is 10.3. The van der Waals surface area contributed by atoms with Gasteiger partial charge in [0.2, 0.25) is 0 Å². The number of nitrogens with one attached hydrogen (secondary N) is 2. The van der Waals surface area contributed by atoms with E-state index in [2.05, 4.69) is 20.7 Å². The van der Waals surface area contributed by atoms with E-state index in [1.54, 1.807) is 6.07 Å². The first kappa shape index (κ1) is 13.9. The molecule has 19 heavy (non-hydrogen) atoms. The van der Waals surface area contributed by atoms with E-state index in [1.165, 1.54) is 6.33 Å². The molecule has 0 saturated carbocycles. The summed E-state index contributed by atoms with van der Waals surface area (Å²) in [6.07, 6.45) is 2.15. The van der Waals surface area contributed by atoms with Gasteiger partial charge in [0.25, 0.3) is 0 Å². The molecule has 7 heteroatoms. The molecule has 4 N–H and O–H groups in total. The Morgan fingerprint density at radius 2 is 1.95 bits per heavy atom. The first-order valence-corrected chi connectivity index (χ1v) is 6.44. The second-order valence-electron chi connectivity index (χ2n) is 3.77. The number of anilines is 3. The maximum absolute atomic E-state index is 6.13. The van der Waals surface area contributed by atoms with Crippen molar-refractivity contribution in [2.45, 2.75) is 13.3 Å². The van der Waals surface area contributed by atoms with E-state index in [-0.39, 0.29) is 0 Å². The van der Waals surface area contributed by atoms with E-state index < -0.39 is 0 Å². The molecule has 1 heterocycles. The van der Waals surface area contributed by atoms with Crippen LogP contribution in [0.25, 0.3) is 0 Å². The van der Waals surface area contributed by atoms with E-state index in [9.17, 15) is 0 Å². The minimum absolute atomic E-state index is 0.451. The lowest BCUT2D eigenvalue weighted by Gasteiger charge is -2.13. The minimum atomic E-state index is 0.451. The number of rotatable bonds is 4. The molecule has 5 nitrogen and oxygen atoms in total. The summed E-state index contributed by atoms with van der Waals surface area (Å²) in [4.78, 5) is 8.27. The van der Waals surface area contributed by atoms with Crippen molar-refractivity contribution in [1.29, 1.82) is 0 Å². The van der Waals surface area contributed by atoms with Gasteiger partial charge in [-0.05, 0) is 18.6 Å². The van der Waals surface area contributed by atoms with E-state index in [1.807, 2.05) is 19.1 Å². The molecule has 2 rings (SSSR count). The Bertz CT molecular complexity index is 588. The topological polar surface area (TPSA) is 75.9 Å². The average molecular weight is 298 g/mol. The zero-order chi connectivity index (χ0) is 13.8. The van der Waals surface area contributed by atoms with E-state index in [4.69, 9.17) is 29.0 Å². The van der Waals surface area contributed by atoms with Crippen molar-refractivity contribution in [3.63, 3.8) is 0 Å². The Hall–Kier alpha value is -1.56. The molecule has 0 saturated heterocycles. The lowest BCUT2D eigenvalue weighted by Crippen LogP contribution is -2.13. The molecule has 0 radical (unpaired) electrons. The Kier molecular flexibility index (Phi) is 4.42. The van der Waals surface area contributed by atoms with Gasteiger partial charge in [-0.25, -0.2) is 15.8 Å². The van der Waals surface area contributed by atoms with E-state index in [0.717, 1.165) is 12.0 Å². The maximum Gasteiger partial charge on any atom is 0.148 e. The van der Waals surface area contributed by atoms with E-state index >= 15 is 0 Å². The molecule has 0 amide bonds. The third kappa shape index (κ3) is 2.89. The number of hydrazine groups is 1. The molecule has 0 bridgehead atoms. The molecule has 0 atom stereocenters. The quantitative estimate of drug-likeness (QED) is 0.596. The van der Waals surface area contributed by atoms with Gasteiger partial charge in [-0.2, -0.15) is 0 Å². The highest BCUT2D eigenvalue weighted by molar-refractivity contribution is 6.43. The van der Waals surface area contributed by atoms with Gasteiger partial charge < -0.3 is 10.7 Å². The molecular formula is C12H13Cl2N5. The zero-order valence-corrected chi connectivity index (χ0v) is 11.8.